The summed E-state index contributed by atoms with van der Waals surface area (Å²) in [5.41, 5.74) is 2.28. The summed E-state index contributed by atoms with van der Waals surface area (Å²) in [6, 6.07) is -0.823. The first kappa shape index (κ1) is 13.6. The zero-order chi connectivity index (χ0) is 13.2. The molecular weight excluding hydrogens is 239 g/mol. The smallest absolute Gasteiger partial charge is 0.312 e. The van der Waals surface area contributed by atoms with Gasteiger partial charge in [0.15, 0.2) is 0 Å². The van der Waals surface area contributed by atoms with Gasteiger partial charge in [0, 0.05) is 12.5 Å². The van der Waals surface area contributed by atoms with Crippen LogP contribution in [-0.2, 0) is 4.79 Å². The van der Waals surface area contributed by atoms with Crippen molar-refractivity contribution in [2.24, 2.45) is 5.92 Å². The van der Waals surface area contributed by atoms with Crippen molar-refractivity contribution in [3.63, 3.8) is 0 Å². The van der Waals surface area contributed by atoms with E-state index in [0.717, 1.165) is 5.01 Å². The molecule has 0 atom stereocenters. The maximum Gasteiger partial charge on any atom is 0.406 e. The number of nitrogens with zero attached hydrogens (tertiary/aromatic N) is 2. The molecule has 1 N–H and O–H groups in total. The Morgan fingerprint density at radius 2 is 2.00 bits per heavy atom. The second-order valence-corrected chi connectivity index (χ2v) is 4.10. The molecule has 0 saturated carbocycles. The molecule has 5 nitrogen and oxygen atoms in total. The molecule has 0 aromatic rings. The first-order valence-electron chi connectivity index (χ1n) is 5.14. The Bertz CT molecular complexity index is 317. The van der Waals surface area contributed by atoms with Crippen molar-refractivity contribution in [3.05, 3.63) is 0 Å². The van der Waals surface area contributed by atoms with Gasteiger partial charge in [-0.1, -0.05) is 13.8 Å². The normalized spacial score (nSPS) is 16.9. The number of alkyl halides is 3. The topological polar surface area (TPSA) is 52.7 Å². The van der Waals surface area contributed by atoms with E-state index < -0.39 is 24.7 Å². The molecule has 98 valence electrons. The van der Waals surface area contributed by atoms with Crippen LogP contribution in [0.2, 0.25) is 0 Å². The van der Waals surface area contributed by atoms with Crippen LogP contribution in [0, 0.1) is 5.92 Å². The van der Waals surface area contributed by atoms with Crippen LogP contribution >= 0.6 is 0 Å². The van der Waals surface area contributed by atoms with Gasteiger partial charge in [0.25, 0.3) is 0 Å². The molecule has 3 amide bonds. The quantitative estimate of drug-likeness (QED) is 0.815. The molecule has 1 aliphatic rings. The Morgan fingerprint density at radius 3 is 2.47 bits per heavy atom. The molecule has 1 aliphatic heterocycles. The fourth-order valence-electron chi connectivity index (χ4n) is 1.31. The Balaban J connectivity index is 2.53. The molecule has 8 heteroatoms. The number of halogens is 3. The molecule has 1 heterocycles. The molecule has 0 aromatic carbocycles. The highest BCUT2D eigenvalue weighted by Gasteiger charge is 2.38. The third-order valence-corrected chi connectivity index (χ3v) is 2.23. The maximum atomic E-state index is 12.1. The van der Waals surface area contributed by atoms with Gasteiger partial charge in [0.05, 0.1) is 6.54 Å². The molecule has 0 bridgehead atoms. The van der Waals surface area contributed by atoms with Crippen LogP contribution in [0.1, 0.15) is 13.8 Å². The number of urea groups is 1. The monoisotopic (exact) mass is 253 g/mol. The van der Waals surface area contributed by atoms with Gasteiger partial charge in [-0.05, 0) is 0 Å². The Morgan fingerprint density at radius 1 is 1.41 bits per heavy atom. The lowest BCUT2D eigenvalue weighted by Gasteiger charge is -2.20. The van der Waals surface area contributed by atoms with Crippen molar-refractivity contribution in [1.29, 1.82) is 0 Å². The van der Waals surface area contributed by atoms with Crippen LogP contribution in [0.5, 0.6) is 0 Å². The van der Waals surface area contributed by atoms with E-state index in [4.69, 9.17) is 0 Å². The van der Waals surface area contributed by atoms with Crippen molar-refractivity contribution in [3.8, 4) is 0 Å². The summed E-state index contributed by atoms with van der Waals surface area (Å²) in [4.78, 5) is 23.4. The maximum absolute atomic E-state index is 12.1. The number of carbonyl (C=O) groups excluding carboxylic acids is 2. The van der Waals surface area contributed by atoms with E-state index in [2.05, 4.69) is 5.43 Å². The van der Waals surface area contributed by atoms with E-state index in [1.807, 2.05) is 0 Å². The number of amides is 3. The van der Waals surface area contributed by atoms with Crippen molar-refractivity contribution < 1.29 is 22.8 Å². The summed E-state index contributed by atoms with van der Waals surface area (Å²) in [6.07, 6.45) is -4.42. The second kappa shape index (κ2) is 4.80. The zero-order valence-electron chi connectivity index (χ0n) is 9.54. The van der Waals surface area contributed by atoms with Gasteiger partial charge in [-0.25, -0.2) is 9.80 Å². The zero-order valence-corrected chi connectivity index (χ0v) is 9.54. The van der Waals surface area contributed by atoms with E-state index in [0.29, 0.717) is 4.90 Å². The van der Waals surface area contributed by atoms with Crippen molar-refractivity contribution >= 4 is 11.9 Å². The predicted octanol–water partition coefficient (Wildman–Crippen LogP) is 0.973. The molecule has 1 rings (SSSR count). The fraction of sp³-hybridized carbons (Fsp3) is 0.778. The minimum absolute atomic E-state index is 0.0449. The predicted molar refractivity (Wildman–Crippen MR) is 52.7 cm³/mol. The van der Waals surface area contributed by atoms with Gasteiger partial charge in [-0.2, -0.15) is 13.2 Å². The Labute approximate surface area is 96.5 Å². The molecule has 17 heavy (non-hydrogen) atoms. The van der Waals surface area contributed by atoms with Gasteiger partial charge < -0.3 is 4.90 Å². The molecule has 0 spiro atoms. The number of rotatable bonds is 3. The van der Waals surface area contributed by atoms with E-state index in [9.17, 15) is 22.8 Å². The minimum Gasteiger partial charge on any atom is -0.312 e. The summed E-state index contributed by atoms with van der Waals surface area (Å²) in [5, 5.41) is 0.911. The van der Waals surface area contributed by atoms with Crippen molar-refractivity contribution in [2.45, 2.75) is 20.0 Å². The lowest BCUT2D eigenvalue weighted by molar-refractivity contribution is -0.138. The lowest BCUT2D eigenvalue weighted by atomic mass is 10.2. The van der Waals surface area contributed by atoms with E-state index in [-0.39, 0.29) is 19.0 Å². The summed E-state index contributed by atoms with van der Waals surface area (Å²) >= 11 is 0. The number of carbonyl (C=O) groups is 2. The molecule has 1 fully saturated rings. The summed E-state index contributed by atoms with van der Waals surface area (Å²) in [5.74, 6) is -0.730. The third-order valence-electron chi connectivity index (χ3n) is 2.23. The largest absolute Gasteiger partial charge is 0.406 e. The van der Waals surface area contributed by atoms with Gasteiger partial charge in [0.1, 0.15) is 6.54 Å². The van der Waals surface area contributed by atoms with Gasteiger partial charge in [0.2, 0.25) is 5.91 Å². The first-order valence-corrected chi connectivity index (χ1v) is 5.14. The standard InChI is InChI=1S/C9H14F3N3O2/c1-6(2)7(16)13-15-4-3-14(8(15)17)5-9(10,11)12/h6H,3-5H2,1-2H3,(H,13,16). The van der Waals surface area contributed by atoms with Crippen molar-refractivity contribution in [1.82, 2.24) is 15.3 Å². The molecular formula is C9H14F3N3O2. The SMILES string of the molecule is CC(C)C(=O)NN1CCN(CC(F)(F)F)C1=O. The van der Waals surface area contributed by atoms with Crippen LogP contribution in [0.25, 0.3) is 0 Å². The van der Waals surface area contributed by atoms with Crippen LogP contribution in [0.4, 0.5) is 18.0 Å². The highest BCUT2D eigenvalue weighted by molar-refractivity contribution is 5.83. The van der Waals surface area contributed by atoms with E-state index in [1.165, 1.54) is 0 Å². The van der Waals surface area contributed by atoms with Gasteiger partial charge >= 0.3 is 12.2 Å². The Hall–Kier alpha value is -1.47. The second-order valence-electron chi connectivity index (χ2n) is 4.10. The van der Waals surface area contributed by atoms with E-state index >= 15 is 0 Å². The number of hydrogen-bond donors (Lipinski definition) is 1. The molecule has 0 aromatic heterocycles. The minimum atomic E-state index is -4.42. The molecule has 0 unspecified atom stereocenters. The van der Waals surface area contributed by atoms with Gasteiger partial charge in [-0.3, -0.25) is 10.2 Å². The number of hydrogen-bond acceptors (Lipinski definition) is 2. The third kappa shape index (κ3) is 3.79. The van der Waals surface area contributed by atoms with E-state index in [1.54, 1.807) is 13.8 Å². The van der Waals surface area contributed by atoms with Crippen LogP contribution < -0.4 is 5.43 Å². The number of hydrazine groups is 1. The highest BCUT2D eigenvalue weighted by atomic mass is 19.4. The average Bonchev–Trinajstić information content (AvgIpc) is 2.47. The molecule has 0 aliphatic carbocycles. The average molecular weight is 253 g/mol. The summed E-state index contributed by atoms with van der Waals surface area (Å²) in [7, 11) is 0. The van der Waals surface area contributed by atoms with Gasteiger partial charge in [-0.15, -0.1) is 0 Å². The van der Waals surface area contributed by atoms with Crippen LogP contribution in [0.15, 0.2) is 0 Å². The number of nitrogens with one attached hydrogen (secondary N) is 1. The van der Waals surface area contributed by atoms with Crippen LogP contribution in [0.3, 0.4) is 0 Å². The highest BCUT2D eigenvalue weighted by Crippen LogP contribution is 2.19. The summed E-state index contributed by atoms with van der Waals surface area (Å²) in [6.45, 7) is 1.98. The molecule has 0 radical (unpaired) electrons. The molecule has 1 saturated heterocycles. The summed E-state index contributed by atoms with van der Waals surface area (Å²) < 4.78 is 36.3. The fourth-order valence-corrected chi connectivity index (χ4v) is 1.31. The Kier molecular flexibility index (Phi) is 3.84. The first-order chi connectivity index (χ1) is 7.70. The lowest BCUT2D eigenvalue weighted by Crippen LogP contribution is -2.47. The van der Waals surface area contributed by atoms with Crippen LogP contribution in [-0.4, -0.2) is 47.7 Å². The van der Waals surface area contributed by atoms with Crippen molar-refractivity contribution in [2.75, 3.05) is 19.6 Å².